The maximum atomic E-state index is 11.2. The molecule has 0 radical (unpaired) electrons. The van der Waals surface area contributed by atoms with Crippen molar-refractivity contribution in [2.45, 2.75) is 0 Å². The lowest BCUT2D eigenvalue weighted by molar-refractivity contribution is -0.384. The molecule has 1 aliphatic heterocycles. The molecule has 0 aromatic heterocycles. The molecule has 7 heteroatoms. The first-order valence-corrected chi connectivity index (χ1v) is 4.22. The number of nitro benzene ring substituents is 1. The largest absolute Gasteiger partial charge is 0.318 e. The fourth-order valence-electron chi connectivity index (χ4n) is 1.29. The maximum absolute atomic E-state index is 11.2. The molecule has 0 spiro atoms. The van der Waals surface area contributed by atoms with Gasteiger partial charge >= 0.3 is 0 Å². The number of ketones is 1. The quantitative estimate of drug-likeness (QED) is 0.445. The molecular weight excluding hydrogens is 224 g/mol. The van der Waals surface area contributed by atoms with Crippen LogP contribution in [-0.2, 0) is 4.79 Å². The molecule has 76 valence electrons. The van der Waals surface area contributed by atoms with Crippen molar-refractivity contribution in [2.24, 2.45) is 0 Å². The second-order valence-corrected chi connectivity index (χ2v) is 3.30. The lowest BCUT2D eigenvalue weighted by Crippen LogP contribution is -2.12. The highest BCUT2D eigenvalue weighted by Crippen LogP contribution is 2.33. The van der Waals surface area contributed by atoms with Gasteiger partial charge in [-0.2, -0.15) is 0 Å². The molecule has 15 heavy (non-hydrogen) atoms. The number of anilines is 1. The van der Waals surface area contributed by atoms with E-state index in [1.807, 2.05) is 0 Å². The van der Waals surface area contributed by atoms with Gasteiger partial charge in [-0.25, -0.2) is 0 Å². The first-order valence-electron chi connectivity index (χ1n) is 3.84. The zero-order chi connectivity index (χ0) is 11.2. The molecule has 1 amide bonds. The van der Waals surface area contributed by atoms with Gasteiger partial charge < -0.3 is 5.32 Å². The number of nitrogens with zero attached hydrogens (tertiary/aromatic N) is 1. The summed E-state index contributed by atoms with van der Waals surface area (Å²) in [6.07, 6.45) is 0. The number of nitro groups is 1. The predicted molar refractivity (Wildman–Crippen MR) is 51.1 cm³/mol. The third kappa shape index (κ3) is 1.35. The molecule has 0 aliphatic carbocycles. The van der Waals surface area contributed by atoms with Gasteiger partial charge in [0.1, 0.15) is 5.02 Å². The standard InChI is InChI=1S/C8H3ClN2O4/c9-4-2-5-3(1-6(4)11(14)15)7(12)8(13)10-5/h1-2H,(H,10,12,13). The lowest BCUT2D eigenvalue weighted by Gasteiger charge is -1.98. The molecule has 1 aromatic carbocycles. The smallest absolute Gasteiger partial charge is 0.296 e. The van der Waals surface area contributed by atoms with Crippen molar-refractivity contribution >= 4 is 34.7 Å². The number of rotatable bonds is 1. The summed E-state index contributed by atoms with van der Waals surface area (Å²) < 4.78 is 0. The molecule has 0 atom stereocenters. The van der Waals surface area contributed by atoms with Crippen LogP contribution in [0.1, 0.15) is 10.4 Å². The second-order valence-electron chi connectivity index (χ2n) is 2.89. The van der Waals surface area contributed by atoms with Crippen LogP contribution < -0.4 is 5.32 Å². The van der Waals surface area contributed by atoms with E-state index >= 15 is 0 Å². The lowest BCUT2D eigenvalue weighted by atomic mass is 10.1. The van der Waals surface area contributed by atoms with Gasteiger partial charge in [0.25, 0.3) is 17.4 Å². The van der Waals surface area contributed by atoms with Crippen LogP contribution in [0.5, 0.6) is 0 Å². The van der Waals surface area contributed by atoms with E-state index in [1.165, 1.54) is 6.07 Å². The molecular formula is C8H3ClN2O4. The van der Waals surface area contributed by atoms with Crippen LogP contribution in [0.15, 0.2) is 12.1 Å². The molecule has 0 bridgehead atoms. The predicted octanol–water partition coefficient (Wildman–Crippen LogP) is 1.38. The van der Waals surface area contributed by atoms with Crippen LogP contribution in [0, 0.1) is 10.1 Å². The third-order valence-corrected chi connectivity index (χ3v) is 2.29. The fourth-order valence-corrected chi connectivity index (χ4v) is 1.53. The number of carbonyl (C=O) groups excluding carboxylic acids is 2. The summed E-state index contributed by atoms with van der Waals surface area (Å²) >= 11 is 5.59. The van der Waals surface area contributed by atoms with Crippen LogP contribution in [0.3, 0.4) is 0 Å². The summed E-state index contributed by atoms with van der Waals surface area (Å²) in [7, 11) is 0. The van der Waals surface area contributed by atoms with Crippen LogP contribution in [-0.4, -0.2) is 16.6 Å². The molecule has 1 heterocycles. The monoisotopic (exact) mass is 226 g/mol. The summed E-state index contributed by atoms with van der Waals surface area (Å²) in [5.74, 6) is -1.59. The Morgan fingerprint density at radius 1 is 1.33 bits per heavy atom. The number of halogens is 1. The first-order chi connectivity index (χ1) is 7.00. The average Bonchev–Trinajstić information content (AvgIpc) is 2.41. The Bertz CT molecular complexity index is 512. The summed E-state index contributed by atoms with van der Waals surface area (Å²) in [4.78, 5) is 32.0. The SMILES string of the molecule is O=C1Nc2cc(Cl)c([N+](=O)[O-])cc2C1=O. The van der Waals surface area contributed by atoms with E-state index in [2.05, 4.69) is 5.32 Å². The molecule has 1 aromatic rings. The van der Waals surface area contributed by atoms with E-state index in [9.17, 15) is 19.7 Å². The fraction of sp³-hybridized carbons (Fsp3) is 0. The van der Waals surface area contributed by atoms with Gasteiger partial charge in [0.2, 0.25) is 0 Å². The maximum Gasteiger partial charge on any atom is 0.296 e. The van der Waals surface area contributed by atoms with E-state index in [1.54, 1.807) is 0 Å². The van der Waals surface area contributed by atoms with Gasteiger partial charge in [-0.05, 0) is 6.07 Å². The Morgan fingerprint density at radius 2 is 2.00 bits per heavy atom. The second kappa shape index (κ2) is 3.03. The summed E-state index contributed by atoms with van der Waals surface area (Å²) in [6, 6.07) is 2.19. The molecule has 0 fully saturated rings. The van der Waals surface area contributed by atoms with Crippen molar-refractivity contribution in [3.05, 3.63) is 32.8 Å². The number of hydrogen-bond donors (Lipinski definition) is 1. The summed E-state index contributed by atoms with van der Waals surface area (Å²) in [5.41, 5.74) is -0.197. The van der Waals surface area contributed by atoms with Crippen molar-refractivity contribution < 1.29 is 14.5 Å². The topological polar surface area (TPSA) is 89.3 Å². The van der Waals surface area contributed by atoms with Crippen molar-refractivity contribution in [3.63, 3.8) is 0 Å². The Labute approximate surface area is 88.0 Å². The van der Waals surface area contributed by atoms with Gasteiger partial charge in [-0.15, -0.1) is 0 Å². The number of fused-ring (bicyclic) bond motifs is 1. The summed E-state index contributed by atoms with van der Waals surface area (Å²) in [6.45, 7) is 0. The van der Waals surface area contributed by atoms with Crippen LogP contribution in [0.2, 0.25) is 5.02 Å². The van der Waals surface area contributed by atoms with Gasteiger partial charge in [-0.1, -0.05) is 11.6 Å². The molecule has 0 unspecified atom stereocenters. The Morgan fingerprint density at radius 3 is 2.60 bits per heavy atom. The van der Waals surface area contributed by atoms with Crippen LogP contribution >= 0.6 is 11.6 Å². The minimum absolute atomic E-state index is 0.0175. The Balaban J connectivity index is 2.65. The molecule has 1 aliphatic rings. The first kappa shape index (κ1) is 9.60. The highest BCUT2D eigenvalue weighted by molar-refractivity contribution is 6.52. The minimum atomic E-state index is -0.804. The van der Waals surface area contributed by atoms with Crippen LogP contribution in [0.25, 0.3) is 0 Å². The van der Waals surface area contributed by atoms with E-state index in [-0.39, 0.29) is 22.0 Å². The third-order valence-electron chi connectivity index (χ3n) is 1.98. The van der Waals surface area contributed by atoms with Gasteiger partial charge in [0.05, 0.1) is 16.2 Å². The summed E-state index contributed by atoms with van der Waals surface area (Å²) in [5, 5.41) is 12.7. The number of Topliss-reactive ketones (excluding diaryl/α,β-unsaturated/α-hetero) is 1. The van der Waals surface area contributed by atoms with Crippen molar-refractivity contribution in [1.29, 1.82) is 0 Å². The zero-order valence-electron chi connectivity index (χ0n) is 7.11. The molecule has 2 rings (SSSR count). The molecule has 0 saturated carbocycles. The Hall–Kier alpha value is -1.95. The van der Waals surface area contributed by atoms with Gasteiger partial charge in [-0.3, -0.25) is 19.7 Å². The Kier molecular flexibility index (Phi) is 1.94. The highest BCUT2D eigenvalue weighted by Gasteiger charge is 2.31. The van der Waals surface area contributed by atoms with Crippen molar-refractivity contribution in [2.75, 3.05) is 5.32 Å². The van der Waals surface area contributed by atoms with E-state index in [0.717, 1.165) is 6.07 Å². The van der Waals surface area contributed by atoms with Crippen molar-refractivity contribution in [1.82, 2.24) is 0 Å². The highest BCUT2D eigenvalue weighted by atomic mass is 35.5. The van der Waals surface area contributed by atoms with Crippen molar-refractivity contribution in [3.8, 4) is 0 Å². The average molecular weight is 227 g/mol. The number of hydrogen-bond acceptors (Lipinski definition) is 4. The van der Waals surface area contributed by atoms with Crippen LogP contribution in [0.4, 0.5) is 11.4 Å². The molecule has 0 saturated heterocycles. The molecule has 1 N–H and O–H groups in total. The number of nitrogens with one attached hydrogen (secondary N) is 1. The molecule has 6 nitrogen and oxygen atoms in total. The van der Waals surface area contributed by atoms with E-state index < -0.39 is 16.6 Å². The zero-order valence-corrected chi connectivity index (χ0v) is 7.87. The number of amides is 1. The normalized spacial score (nSPS) is 13.7. The van der Waals surface area contributed by atoms with E-state index in [4.69, 9.17) is 11.6 Å². The van der Waals surface area contributed by atoms with Gasteiger partial charge in [0.15, 0.2) is 0 Å². The number of carbonyl (C=O) groups is 2. The number of benzene rings is 1. The minimum Gasteiger partial charge on any atom is -0.318 e. The van der Waals surface area contributed by atoms with E-state index in [0.29, 0.717) is 0 Å². The van der Waals surface area contributed by atoms with Gasteiger partial charge in [0, 0.05) is 6.07 Å².